The first kappa shape index (κ1) is 13.6. The van der Waals surface area contributed by atoms with Crippen molar-refractivity contribution in [2.45, 2.75) is 57.4 Å². The summed E-state index contributed by atoms with van der Waals surface area (Å²) in [5, 5.41) is 3.79. The van der Waals surface area contributed by atoms with E-state index in [9.17, 15) is 0 Å². The monoisotopic (exact) mass is 321 g/mol. The number of rotatable bonds is 4. The number of aryl methyl sites for hydroxylation is 1. The van der Waals surface area contributed by atoms with Crippen molar-refractivity contribution in [1.29, 1.82) is 0 Å². The molecule has 1 unspecified atom stereocenters. The average Bonchev–Trinajstić information content (AvgIpc) is 2.82. The van der Waals surface area contributed by atoms with Gasteiger partial charge in [-0.15, -0.1) is 0 Å². The van der Waals surface area contributed by atoms with E-state index in [1.165, 1.54) is 73.5 Å². The predicted octanol–water partition coefficient (Wildman–Crippen LogP) is 5.00. The van der Waals surface area contributed by atoms with Gasteiger partial charge in [-0.2, -0.15) is 0 Å². The van der Waals surface area contributed by atoms with Gasteiger partial charge in [0, 0.05) is 10.5 Å². The van der Waals surface area contributed by atoms with Gasteiger partial charge in [0.1, 0.15) is 0 Å². The molecule has 2 aliphatic carbocycles. The lowest BCUT2D eigenvalue weighted by atomic mass is 9.87. The van der Waals surface area contributed by atoms with Crippen LogP contribution >= 0.6 is 15.9 Å². The molecule has 0 aromatic heterocycles. The van der Waals surface area contributed by atoms with Crippen LogP contribution in [0.5, 0.6) is 0 Å². The third-order valence-electron chi connectivity index (χ3n) is 4.85. The van der Waals surface area contributed by atoms with Crippen LogP contribution in [0.25, 0.3) is 0 Å². The van der Waals surface area contributed by atoms with Crippen molar-refractivity contribution >= 4 is 15.9 Å². The molecule has 3 rings (SSSR count). The maximum Gasteiger partial charge on any atom is 0.0326 e. The molecule has 1 atom stereocenters. The average molecular weight is 322 g/mol. The lowest BCUT2D eigenvalue weighted by molar-refractivity contribution is 0.327. The van der Waals surface area contributed by atoms with Gasteiger partial charge in [0.05, 0.1) is 0 Å². The van der Waals surface area contributed by atoms with Crippen molar-refractivity contribution in [1.82, 2.24) is 5.32 Å². The SMILES string of the molecule is Brc1ccc2c(c1)CCC2NCCC1CCCCC1. The molecule has 2 heteroatoms. The first-order chi connectivity index (χ1) is 9.33. The zero-order valence-electron chi connectivity index (χ0n) is 11.6. The van der Waals surface area contributed by atoms with Crippen LogP contribution in [0.2, 0.25) is 0 Å². The normalized spacial score (nSPS) is 23.5. The van der Waals surface area contributed by atoms with Gasteiger partial charge in [0.15, 0.2) is 0 Å². The lowest BCUT2D eigenvalue weighted by Crippen LogP contribution is -2.23. The molecule has 0 radical (unpaired) electrons. The number of nitrogens with one attached hydrogen (secondary N) is 1. The Morgan fingerprint density at radius 3 is 2.79 bits per heavy atom. The van der Waals surface area contributed by atoms with Crippen LogP contribution in [0.15, 0.2) is 22.7 Å². The zero-order chi connectivity index (χ0) is 13.1. The minimum atomic E-state index is 0.603. The molecule has 0 bridgehead atoms. The van der Waals surface area contributed by atoms with E-state index in [0.29, 0.717) is 6.04 Å². The van der Waals surface area contributed by atoms with Crippen LogP contribution in [0.3, 0.4) is 0 Å². The summed E-state index contributed by atoms with van der Waals surface area (Å²) in [7, 11) is 0. The topological polar surface area (TPSA) is 12.0 Å². The van der Waals surface area contributed by atoms with Gasteiger partial charge in [0.2, 0.25) is 0 Å². The molecule has 0 saturated heterocycles. The number of halogens is 1. The summed E-state index contributed by atoms with van der Waals surface area (Å²) in [6.07, 6.45) is 11.2. The van der Waals surface area contributed by atoms with E-state index in [1.54, 1.807) is 0 Å². The molecule has 1 aromatic carbocycles. The van der Waals surface area contributed by atoms with E-state index in [-0.39, 0.29) is 0 Å². The Labute approximate surface area is 125 Å². The van der Waals surface area contributed by atoms with Crippen LogP contribution in [0.1, 0.15) is 62.1 Å². The molecule has 1 saturated carbocycles. The molecule has 1 fully saturated rings. The summed E-state index contributed by atoms with van der Waals surface area (Å²) >= 11 is 3.57. The highest BCUT2D eigenvalue weighted by Crippen LogP contribution is 2.33. The Morgan fingerprint density at radius 2 is 1.95 bits per heavy atom. The van der Waals surface area contributed by atoms with Gasteiger partial charge in [-0.05, 0) is 55.0 Å². The van der Waals surface area contributed by atoms with Crippen LogP contribution < -0.4 is 5.32 Å². The molecule has 1 N–H and O–H groups in total. The molecule has 0 spiro atoms. The molecule has 104 valence electrons. The summed E-state index contributed by atoms with van der Waals surface area (Å²) in [6, 6.07) is 7.37. The molecule has 0 aliphatic heterocycles. The highest BCUT2D eigenvalue weighted by molar-refractivity contribution is 9.10. The van der Waals surface area contributed by atoms with Gasteiger partial charge >= 0.3 is 0 Å². The number of hydrogen-bond donors (Lipinski definition) is 1. The molecule has 1 aromatic rings. The first-order valence-electron chi connectivity index (χ1n) is 7.84. The first-order valence-corrected chi connectivity index (χ1v) is 8.64. The highest BCUT2D eigenvalue weighted by atomic mass is 79.9. The van der Waals surface area contributed by atoms with Gasteiger partial charge in [-0.25, -0.2) is 0 Å². The summed E-state index contributed by atoms with van der Waals surface area (Å²) in [5.41, 5.74) is 3.07. The maximum absolute atomic E-state index is 3.79. The lowest BCUT2D eigenvalue weighted by Gasteiger charge is -2.22. The van der Waals surface area contributed by atoms with Crippen LogP contribution in [0.4, 0.5) is 0 Å². The summed E-state index contributed by atoms with van der Waals surface area (Å²) < 4.78 is 1.22. The van der Waals surface area contributed by atoms with Gasteiger partial charge < -0.3 is 5.32 Å². The van der Waals surface area contributed by atoms with Crippen molar-refractivity contribution < 1.29 is 0 Å². The third kappa shape index (κ3) is 3.41. The van der Waals surface area contributed by atoms with Crippen LogP contribution in [-0.2, 0) is 6.42 Å². The molecule has 0 amide bonds. The van der Waals surface area contributed by atoms with E-state index in [0.717, 1.165) is 5.92 Å². The van der Waals surface area contributed by atoms with Crippen LogP contribution in [-0.4, -0.2) is 6.54 Å². The standard InChI is InChI=1S/C17H24BrN/c18-15-7-8-16-14(12-15)6-9-17(16)19-11-10-13-4-2-1-3-5-13/h7-8,12-13,17,19H,1-6,9-11H2. The van der Waals surface area contributed by atoms with Crippen molar-refractivity contribution in [3.63, 3.8) is 0 Å². The minimum absolute atomic E-state index is 0.603. The fraction of sp³-hybridized carbons (Fsp3) is 0.647. The van der Waals surface area contributed by atoms with Crippen molar-refractivity contribution in [2.24, 2.45) is 5.92 Å². The summed E-state index contributed by atoms with van der Waals surface area (Å²) in [4.78, 5) is 0. The van der Waals surface area contributed by atoms with Crippen molar-refractivity contribution in [3.05, 3.63) is 33.8 Å². The molecule has 2 aliphatic rings. The summed E-state index contributed by atoms with van der Waals surface area (Å²) in [5.74, 6) is 0.993. The van der Waals surface area contributed by atoms with Gasteiger partial charge in [-0.1, -0.05) is 54.1 Å². The maximum atomic E-state index is 3.79. The van der Waals surface area contributed by atoms with E-state index in [2.05, 4.69) is 39.4 Å². The van der Waals surface area contributed by atoms with Gasteiger partial charge in [0.25, 0.3) is 0 Å². The van der Waals surface area contributed by atoms with Crippen LogP contribution in [0, 0.1) is 5.92 Å². The zero-order valence-corrected chi connectivity index (χ0v) is 13.2. The van der Waals surface area contributed by atoms with Gasteiger partial charge in [-0.3, -0.25) is 0 Å². The predicted molar refractivity (Wildman–Crippen MR) is 84.4 cm³/mol. The molecule has 0 heterocycles. The Hall–Kier alpha value is -0.340. The Bertz CT molecular complexity index is 423. The Balaban J connectivity index is 1.49. The smallest absolute Gasteiger partial charge is 0.0326 e. The highest BCUT2D eigenvalue weighted by Gasteiger charge is 2.22. The second-order valence-corrected chi connectivity index (χ2v) is 7.10. The van der Waals surface area contributed by atoms with E-state index in [1.807, 2.05) is 0 Å². The fourth-order valence-electron chi connectivity index (χ4n) is 3.74. The molecule has 1 nitrogen and oxygen atoms in total. The second kappa shape index (κ2) is 6.41. The van der Waals surface area contributed by atoms with E-state index < -0.39 is 0 Å². The quantitative estimate of drug-likeness (QED) is 0.823. The number of benzene rings is 1. The Morgan fingerprint density at radius 1 is 1.11 bits per heavy atom. The second-order valence-electron chi connectivity index (χ2n) is 6.18. The van der Waals surface area contributed by atoms with Crippen molar-refractivity contribution in [3.8, 4) is 0 Å². The van der Waals surface area contributed by atoms with Crippen molar-refractivity contribution in [2.75, 3.05) is 6.54 Å². The number of hydrogen-bond acceptors (Lipinski definition) is 1. The third-order valence-corrected chi connectivity index (χ3v) is 5.34. The molecule has 19 heavy (non-hydrogen) atoms. The number of fused-ring (bicyclic) bond motifs is 1. The Kier molecular flexibility index (Phi) is 4.60. The fourth-order valence-corrected chi connectivity index (χ4v) is 4.14. The van der Waals surface area contributed by atoms with E-state index >= 15 is 0 Å². The summed E-state index contributed by atoms with van der Waals surface area (Å²) in [6.45, 7) is 1.20. The minimum Gasteiger partial charge on any atom is -0.310 e. The molecular weight excluding hydrogens is 298 g/mol. The van der Waals surface area contributed by atoms with E-state index in [4.69, 9.17) is 0 Å². The molecular formula is C17H24BrN. The largest absolute Gasteiger partial charge is 0.310 e.